The summed E-state index contributed by atoms with van der Waals surface area (Å²) in [5, 5.41) is 16.6. The predicted octanol–water partition coefficient (Wildman–Crippen LogP) is 0.526. The maximum Gasteiger partial charge on any atom is 0.322 e. The molecule has 0 aliphatic rings. The molecule has 0 radical (unpaired) electrons. The summed E-state index contributed by atoms with van der Waals surface area (Å²) in [4.78, 5) is 49.0. The number of benzene rings is 1. The molecule has 1 aromatic rings. The molecule has 0 spiro atoms. The average Bonchev–Trinajstić information content (AvgIpc) is 2.78. The number of amides is 3. The van der Waals surface area contributed by atoms with Crippen molar-refractivity contribution >= 4 is 35.5 Å². The first-order chi connectivity index (χ1) is 15.2. The van der Waals surface area contributed by atoms with Gasteiger partial charge in [-0.15, -0.1) is 0 Å². The molecule has 0 heterocycles. The molecule has 6 N–H and O–H groups in total. The lowest BCUT2D eigenvalue weighted by Crippen LogP contribution is -2.58. The van der Waals surface area contributed by atoms with E-state index in [4.69, 9.17) is 10.8 Å². The van der Waals surface area contributed by atoms with E-state index in [0.29, 0.717) is 12.8 Å². The highest BCUT2D eigenvalue weighted by atomic mass is 32.2. The third-order valence-corrected chi connectivity index (χ3v) is 5.74. The largest absolute Gasteiger partial charge is 0.480 e. The number of nitrogens with one attached hydrogen (secondary N) is 3. The Morgan fingerprint density at radius 3 is 2.28 bits per heavy atom. The second-order valence-corrected chi connectivity index (χ2v) is 8.61. The van der Waals surface area contributed by atoms with E-state index in [1.807, 2.05) is 50.4 Å². The topological polar surface area (TPSA) is 151 Å². The van der Waals surface area contributed by atoms with Crippen LogP contribution in [0.15, 0.2) is 30.3 Å². The highest BCUT2D eigenvalue weighted by molar-refractivity contribution is 7.98. The summed E-state index contributed by atoms with van der Waals surface area (Å²) in [6.07, 6.45) is 3.19. The first-order valence-electron chi connectivity index (χ1n) is 10.6. The van der Waals surface area contributed by atoms with Crippen LogP contribution < -0.4 is 21.7 Å². The fourth-order valence-corrected chi connectivity index (χ4v) is 3.43. The molecule has 32 heavy (non-hydrogen) atoms. The molecular weight excluding hydrogens is 432 g/mol. The van der Waals surface area contributed by atoms with Gasteiger partial charge in [-0.3, -0.25) is 19.2 Å². The van der Waals surface area contributed by atoms with Crippen molar-refractivity contribution in [2.75, 3.05) is 18.6 Å². The summed E-state index contributed by atoms with van der Waals surface area (Å²) in [5.74, 6) is -2.23. The van der Waals surface area contributed by atoms with Crippen molar-refractivity contribution in [1.82, 2.24) is 16.0 Å². The molecule has 178 valence electrons. The van der Waals surface area contributed by atoms with Gasteiger partial charge < -0.3 is 26.8 Å². The molecule has 0 aromatic heterocycles. The first kappa shape index (κ1) is 27.4. The quantitative estimate of drug-likeness (QED) is 0.268. The van der Waals surface area contributed by atoms with Crippen molar-refractivity contribution in [3.05, 3.63) is 35.9 Å². The fourth-order valence-electron chi connectivity index (χ4n) is 2.94. The fraction of sp³-hybridized carbons (Fsp3) is 0.545. The predicted molar refractivity (Wildman–Crippen MR) is 125 cm³/mol. The van der Waals surface area contributed by atoms with Gasteiger partial charge in [0, 0.05) is 6.42 Å². The van der Waals surface area contributed by atoms with Crippen molar-refractivity contribution in [2.45, 2.75) is 51.2 Å². The van der Waals surface area contributed by atoms with Gasteiger partial charge in [0.2, 0.25) is 17.7 Å². The number of nitrogens with two attached hydrogens (primary N) is 1. The van der Waals surface area contributed by atoms with Crippen molar-refractivity contribution in [1.29, 1.82) is 0 Å². The minimum Gasteiger partial charge on any atom is -0.480 e. The molecule has 4 unspecified atom stereocenters. The average molecular weight is 467 g/mol. The molecule has 4 atom stereocenters. The van der Waals surface area contributed by atoms with Crippen LogP contribution in [0.4, 0.5) is 0 Å². The van der Waals surface area contributed by atoms with E-state index in [2.05, 4.69) is 16.0 Å². The summed E-state index contributed by atoms with van der Waals surface area (Å²) < 4.78 is 0. The Balaban J connectivity index is 2.98. The van der Waals surface area contributed by atoms with Crippen LogP contribution >= 0.6 is 11.8 Å². The summed E-state index contributed by atoms with van der Waals surface area (Å²) in [5.41, 5.74) is 6.73. The standard InChI is InChI=1S/C22H34N4O5S/c1-4-14(2)19(26-20(29)16(23)10-11-32-3)22(31)25-17(21(30)24-13-18(27)28)12-15-8-6-5-7-9-15/h5-9,14,16-17,19H,4,10-13,23H2,1-3H3,(H,24,30)(H,25,31)(H,26,29)(H,27,28). The van der Waals surface area contributed by atoms with E-state index in [1.165, 1.54) is 0 Å². The number of carboxylic acid groups (broad SMARTS) is 1. The molecule has 3 amide bonds. The number of thioether (sulfide) groups is 1. The van der Waals surface area contributed by atoms with Crippen LogP contribution in [-0.4, -0.2) is 65.5 Å². The first-order valence-corrected chi connectivity index (χ1v) is 12.0. The van der Waals surface area contributed by atoms with Crippen LogP contribution in [0.1, 0.15) is 32.3 Å². The summed E-state index contributed by atoms with van der Waals surface area (Å²) in [7, 11) is 0. The lowest BCUT2D eigenvalue weighted by Gasteiger charge is -2.27. The van der Waals surface area contributed by atoms with E-state index < -0.39 is 48.4 Å². The van der Waals surface area contributed by atoms with E-state index in [-0.39, 0.29) is 12.3 Å². The molecule has 0 saturated heterocycles. The zero-order valence-electron chi connectivity index (χ0n) is 18.8. The molecule has 0 saturated carbocycles. The third kappa shape index (κ3) is 9.69. The smallest absolute Gasteiger partial charge is 0.322 e. The lowest BCUT2D eigenvalue weighted by atomic mass is 9.96. The third-order valence-electron chi connectivity index (χ3n) is 5.09. The number of carbonyl (C=O) groups is 4. The van der Waals surface area contributed by atoms with Crippen LogP contribution in [0.3, 0.4) is 0 Å². The molecule has 1 rings (SSSR count). The Morgan fingerprint density at radius 2 is 1.72 bits per heavy atom. The zero-order valence-corrected chi connectivity index (χ0v) is 19.6. The number of carboxylic acids is 1. The second-order valence-electron chi connectivity index (χ2n) is 7.62. The maximum atomic E-state index is 13.1. The van der Waals surface area contributed by atoms with Gasteiger partial charge in [-0.05, 0) is 29.9 Å². The number of hydrogen-bond donors (Lipinski definition) is 5. The van der Waals surface area contributed by atoms with Crippen LogP contribution in [0.2, 0.25) is 0 Å². The highest BCUT2D eigenvalue weighted by Crippen LogP contribution is 2.11. The number of rotatable bonds is 14. The van der Waals surface area contributed by atoms with Gasteiger partial charge >= 0.3 is 5.97 Å². The van der Waals surface area contributed by atoms with Crippen LogP contribution in [0.5, 0.6) is 0 Å². The van der Waals surface area contributed by atoms with Crippen LogP contribution in [0, 0.1) is 5.92 Å². The van der Waals surface area contributed by atoms with Gasteiger partial charge in [0.15, 0.2) is 0 Å². The van der Waals surface area contributed by atoms with Gasteiger partial charge in [0.1, 0.15) is 18.6 Å². The maximum absolute atomic E-state index is 13.1. The van der Waals surface area contributed by atoms with E-state index in [9.17, 15) is 19.2 Å². The SMILES string of the molecule is CCC(C)C(NC(=O)C(N)CCSC)C(=O)NC(Cc1ccccc1)C(=O)NCC(=O)O. The van der Waals surface area contributed by atoms with Crippen molar-refractivity contribution in [3.63, 3.8) is 0 Å². The normalized spacial score (nSPS) is 14.5. The van der Waals surface area contributed by atoms with Gasteiger partial charge in [-0.1, -0.05) is 50.6 Å². The summed E-state index contributed by atoms with van der Waals surface area (Å²) in [6.45, 7) is 3.16. The Labute approximate surface area is 193 Å². The summed E-state index contributed by atoms with van der Waals surface area (Å²) in [6, 6.07) is 6.45. The van der Waals surface area contributed by atoms with Gasteiger partial charge in [-0.25, -0.2) is 0 Å². The molecule has 10 heteroatoms. The molecule has 0 aliphatic carbocycles. The molecule has 9 nitrogen and oxygen atoms in total. The highest BCUT2D eigenvalue weighted by Gasteiger charge is 2.31. The molecule has 0 bridgehead atoms. The molecular formula is C22H34N4O5S. The van der Waals surface area contributed by atoms with Crippen LogP contribution in [-0.2, 0) is 25.6 Å². The molecule has 0 fully saturated rings. The second kappa shape index (κ2) is 14.5. The van der Waals surface area contributed by atoms with Crippen molar-refractivity contribution < 1.29 is 24.3 Å². The lowest BCUT2D eigenvalue weighted by molar-refractivity contribution is -0.138. The molecule has 1 aromatic carbocycles. The van der Waals surface area contributed by atoms with Gasteiger partial charge in [0.05, 0.1) is 6.04 Å². The number of carbonyl (C=O) groups excluding carboxylic acids is 3. The van der Waals surface area contributed by atoms with Crippen LogP contribution in [0.25, 0.3) is 0 Å². The zero-order chi connectivity index (χ0) is 24.1. The van der Waals surface area contributed by atoms with Crippen molar-refractivity contribution in [3.8, 4) is 0 Å². The van der Waals surface area contributed by atoms with Crippen molar-refractivity contribution in [2.24, 2.45) is 11.7 Å². The summed E-state index contributed by atoms with van der Waals surface area (Å²) >= 11 is 1.58. The van der Waals surface area contributed by atoms with E-state index in [1.54, 1.807) is 11.8 Å². The van der Waals surface area contributed by atoms with Gasteiger partial charge in [0.25, 0.3) is 0 Å². The minimum atomic E-state index is -1.19. The minimum absolute atomic E-state index is 0.173. The Hall–Kier alpha value is -2.59. The van der Waals surface area contributed by atoms with Gasteiger partial charge in [-0.2, -0.15) is 11.8 Å². The Kier molecular flexibility index (Phi) is 12.4. The number of hydrogen-bond acceptors (Lipinski definition) is 6. The Bertz CT molecular complexity index is 762. The van der Waals surface area contributed by atoms with E-state index >= 15 is 0 Å². The van der Waals surface area contributed by atoms with E-state index in [0.717, 1.165) is 11.3 Å². The number of aliphatic carboxylic acids is 1. The monoisotopic (exact) mass is 466 g/mol. The Morgan fingerprint density at radius 1 is 1.06 bits per heavy atom. The molecule has 0 aliphatic heterocycles.